The molecule has 7 heteroatoms. The quantitative estimate of drug-likeness (QED) is 0.653. The van der Waals surface area contributed by atoms with Crippen LogP contribution in [0, 0.1) is 0 Å². The van der Waals surface area contributed by atoms with E-state index in [0.29, 0.717) is 16.3 Å². The molecule has 6 nitrogen and oxygen atoms in total. The normalized spacial score (nSPS) is 10.5. The van der Waals surface area contributed by atoms with E-state index in [1.54, 1.807) is 30.3 Å². The summed E-state index contributed by atoms with van der Waals surface area (Å²) in [6.07, 6.45) is 2.85. The second-order valence-corrected chi connectivity index (χ2v) is 4.44. The fourth-order valence-electron chi connectivity index (χ4n) is 1.46. The van der Waals surface area contributed by atoms with Crippen LogP contribution in [0.5, 0.6) is 0 Å². The number of carbonyl (C=O) groups excluding carboxylic acids is 2. The van der Waals surface area contributed by atoms with Crippen molar-refractivity contribution in [2.45, 2.75) is 0 Å². The van der Waals surface area contributed by atoms with Gasteiger partial charge in [0, 0.05) is 10.6 Å². The lowest BCUT2D eigenvalue weighted by Crippen LogP contribution is -2.34. The zero-order valence-electron chi connectivity index (χ0n) is 10.9. The second-order valence-electron chi connectivity index (χ2n) is 4.00. The number of hydrogen-bond acceptors (Lipinski definition) is 4. The summed E-state index contributed by atoms with van der Waals surface area (Å²) in [7, 11) is 0. The van der Waals surface area contributed by atoms with Crippen molar-refractivity contribution < 1.29 is 14.0 Å². The predicted octanol–water partition coefficient (Wildman–Crippen LogP) is 1.81. The molecular weight excluding hydrogens is 294 g/mol. The highest BCUT2D eigenvalue weighted by atomic mass is 35.5. The molecule has 2 aromatic rings. The van der Waals surface area contributed by atoms with E-state index in [9.17, 15) is 9.59 Å². The standard InChI is InChI=1S/C14H12ClN3O3/c15-11-4-1-3-10(7-11)14(20)16-9-13(19)18-17-8-12-5-2-6-21-12/h1-8H,9H2,(H,16,20)(H,18,19). The number of benzene rings is 1. The average Bonchev–Trinajstić information content (AvgIpc) is 2.98. The molecule has 0 radical (unpaired) electrons. The lowest BCUT2D eigenvalue weighted by molar-refractivity contribution is -0.120. The van der Waals surface area contributed by atoms with Gasteiger partial charge in [-0.1, -0.05) is 17.7 Å². The van der Waals surface area contributed by atoms with E-state index in [-0.39, 0.29) is 12.5 Å². The third kappa shape index (κ3) is 4.77. The molecule has 0 unspecified atom stereocenters. The second kappa shape index (κ2) is 7.25. The Morgan fingerprint density at radius 3 is 2.86 bits per heavy atom. The minimum atomic E-state index is -0.451. The summed E-state index contributed by atoms with van der Waals surface area (Å²) in [5, 5.41) is 6.60. The van der Waals surface area contributed by atoms with Crippen LogP contribution in [0.2, 0.25) is 5.02 Å². The lowest BCUT2D eigenvalue weighted by Gasteiger charge is -2.04. The Hall–Kier alpha value is -2.60. The molecule has 0 saturated heterocycles. The maximum atomic E-state index is 11.8. The van der Waals surface area contributed by atoms with Gasteiger partial charge in [-0.05, 0) is 30.3 Å². The van der Waals surface area contributed by atoms with Crippen LogP contribution in [0.15, 0.2) is 52.2 Å². The van der Waals surface area contributed by atoms with Crippen molar-refractivity contribution in [2.75, 3.05) is 6.54 Å². The first kappa shape index (κ1) is 14.8. The van der Waals surface area contributed by atoms with Crippen LogP contribution in [0.1, 0.15) is 16.1 Å². The summed E-state index contributed by atoms with van der Waals surface area (Å²) in [6.45, 7) is -0.194. The van der Waals surface area contributed by atoms with E-state index in [2.05, 4.69) is 15.8 Å². The van der Waals surface area contributed by atoms with Crippen molar-refractivity contribution in [2.24, 2.45) is 5.10 Å². The van der Waals surface area contributed by atoms with Crippen LogP contribution in [0.3, 0.4) is 0 Å². The molecule has 0 spiro atoms. The predicted molar refractivity (Wildman–Crippen MR) is 78.2 cm³/mol. The first-order chi connectivity index (χ1) is 10.1. The van der Waals surface area contributed by atoms with E-state index in [1.807, 2.05) is 0 Å². The van der Waals surface area contributed by atoms with E-state index in [4.69, 9.17) is 16.0 Å². The van der Waals surface area contributed by atoms with Crippen LogP contribution in [0.25, 0.3) is 0 Å². The largest absolute Gasteiger partial charge is 0.463 e. The monoisotopic (exact) mass is 305 g/mol. The highest BCUT2D eigenvalue weighted by Gasteiger charge is 2.07. The van der Waals surface area contributed by atoms with Crippen LogP contribution < -0.4 is 10.7 Å². The molecule has 2 amide bonds. The highest BCUT2D eigenvalue weighted by molar-refractivity contribution is 6.30. The maximum Gasteiger partial charge on any atom is 0.259 e. The molecule has 0 atom stereocenters. The number of amides is 2. The van der Waals surface area contributed by atoms with Crippen LogP contribution in [-0.4, -0.2) is 24.6 Å². The fraction of sp³-hybridized carbons (Fsp3) is 0.0714. The Morgan fingerprint density at radius 2 is 2.14 bits per heavy atom. The number of hydrogen-bond donors (Lipinski definition) is 2. The van der Waals surface area contributed by atoms with Gasteiger partial charge in [-0.3, -0.25) is 9.59 Å². The summed E-state index contributed by atoms with van der Waals surface area (Å²) in [5.74, 6) is -0.325. The smallest absolute Gasteiger partial charge is 0.259 e. The minimum absolute atomic E-state index is 0.194. The summed E-state index contributed by atoms with van der Waals surface area (Å²) in [5.41, 5.74) is 2.65. The summed E-state index contributed by atoms with van der Waals surface area (Å²) in [6, 6.07) is 9.84. The Balaban J connectivity index is 1.77. The number of hydrazone groups is 1. The van der Waals surface area contributed by atoms with Crippen LogP contribution in [0.4, 0.5) is 0 Å². The summed E-state index contributed by atoms with van der Waals surface area (Å²) >= 11 is 5.78. The molecule has 21 heavy (non-hydrogen) atoms. The van der Waals surface area contributed by atoms with Crippen molar-refractivity contribution in [1.82, 2.24) is 10.7 Å². The Morgan fingerprint density at radius 1 is 1.29 bits per heavy atom. The molecule has 1 aromatic carbocycles. The number of furan rings is 1. The van der Waals surface area contributed by atoms with Crippen molar-refractivity contribution in [3.05, 3.63) is 59.0 Å². The minimum Gasteiger partial charge on any atom is -0.463 e. The number of halogens is 1. The van der Waals surface area contributed by atoms with Gasteiger partial charge >= 0.3 is 0 Å². The highest BCUT2D eigenvalue weighted by Crippen LogP contribution is 2.10. The van der Waals surface area contributed by atoms with Crippen molar-refractivity contribution in [1.29, 1.82) is 0 Å². The molecule has 0 saturated carbocycles. The molecule has 1 aromatic heterocycles. The number of nitrogens with zero attached hydrogens (tertiary/aromatic N) is 1. The van der Waals surface area contributed by atoms with Gasteiger partial charge in [-0.25, -0.2) is 5.43 Å². The van der Waals surface area contributed by atoms with E-state index in [1.165, 1.54) is 18.5 Å². The Bertz CT molecular complexity index is 653. The summed E-state index contributed by atoms with van der Waals surface area (Å²) < 4.78 is 5.00. The van der Waals surface area contributed by atoms with Gasteiger partial charge in [0.15, 0.2) is 0 Å². The van der Waals surface area contributed by atoms with E-state index < -0.39 is 5.91 Å². The van der Waals surface area contributed by atoms with E-state index >= 15 is 0 Å². The number of nitrogens with one attached hydrogen (secondary N) is 2. The molecule has 0 aliphatic carbocycles. The molecule has 0 fully saturated rings. The fourth-order valence-corrected chi connectivity index (χ4v) is 1.65. The van der Waals surface area contributed by atoms with Gasteiger partial charge in [0.1, 0.15) is 5.76 Å². The Labute approximate surface area is 125 Å². The first-order valence-corrected chi connectivity index (χ1v) is 6.42. The molecule has 2 rings (SSSR count). The third-order valence-corrected chi connectivity index (χ3v) is 2.66. The number of rotatable bonds is 5. The molecule has 0 bridgehead atoms. The molecule has 2 N–H and O–H groups in total. The molecule has 0 aliphatic rings. The van der Waals surface area contributed by atoms with Crippen molar-refractivity contribution in [3.8, 4) is 0 Å². The third-order valence-electron chi connectivity index (χ3n) is 2.42. The number of carbonyl (C=O) groups is 2. The zero-order chi connectivity index (χ0) is 15.1. The molecule has 0 aliphatic heterocycles. The van der Waals surface area contributed by atoms with Gasteiger partial charge in [-0.2, -0.15) is 5.10 Å². The van der Waals surface area contributed by atoms with Gasteiger partial charge in [0.2, 0.25) is 0 Å². The molecular formula is C14H12ClN3O3. The van der Waals surface area contributed by atoms with Gasteiger partial charge in [-0.15, -0.1) is 0 Å². The van der Waals surface area contributed by atoms with Crippen LogP contribution in [-0.2, 0) is 4.79 Å². The van der Waals surface area contributed by atoms with E-state index in [0.717, 1.165) is 0 Å². The SMILES string of the molecule is O=C(CNC(=O)c1cccc(Cl)c1)NN=Cc1ccco1. The van der Waals surface area contributed by atoms with Crippen molar-refractivity contribution in [3.63, 3.8) is 0 Å². The molecule has 1 heterocycles. The summed E-state index contributed by atoms with van der Waals surface area (Å²) in [4.78, 5) is 23.2. The average molecular weight is 306 g/mol. The first-order valence-electron chi connectivity index (χ1n) is 6.04. The van der Waals surface area contributed by atoms with Crippen LogP contribution >= 0.6 is 11.6 Å². The van der Waals surface area contributed by atoms with Gasteiger partial charge in [0.25, 0.3) is 11.8 Å². The van der Waals surface area contributed by atoms with Gasteiger partial charge in [0.05, 0.1) is 19.0 Å². The lowest BCUT2D eigenvalue weighted by atomic mass is 10.2. The maximum absolute atomic E-state index is 11.8. The zero-order valence-corrected chi connectivity index (χ0v) is 11.6. The topological polar surface area (TPSA) is 83.7 Å². The van der Waals surface area contributed by atoms with Crippen molar-refractivity contribution >= 4 is 29.6 Å². The molecule has 108 valence electrons. The Kier molecular flexibility index (Phi) is 5.11. The van der Waals surface area contributed by atoms with Gasteiger partial charge < -0.3 is 9.73 Å².